The van der Waals surface area contributed by atoms with E-state index in [0.717, 1.165) is 0 Å². The number of nitrogens with one attached hydrogen (secondary N) is 1. The smallest absolute Gasteiger partial charge is 0.326 e. The van der Waals surface area contributed by atoms with Gasteiger partial charge in [-0.2, -0.15) is 0 Å². The second-order valence-corrected chi connectivity index (χ2v) is 4.75. The van der Waals surface area contributed by atoms with Gasteiger partial charge in [0.05, 0.1) is 13.2 Å². The molecule has 0 aromatic rings. The minimum atomic E-state index is -1.20. The fraction of sp³-hybridized carbons (Fsp3) is 0.750. The summed E-state index contributed by atoms with van der Waals surface area (Å²) in [6.07, 6.45) is 0.366. The molecule has 0 aliphatic carbocycles. The summed E-state index contributed by atoms with van der Waals surface area (Å²) in [6, 6.07) is -1.88. The maximum absolute atomic E-state index is 11.7. The number of amides is 1. The second kappa shape index (κ2) is 8.47. The van der Waals surface area contributed by atoms with Crippen LogP contribution >= 0.6 is 0 Å². The van der Waals surface area contributed by atoms with Crippen LogP contribution in [0.25, 0.3) is 0 Å². The summed E-state index contributed by atoms with van der Waals surface area (Å²) in [5.41, 5.74) is 5.65. The van der Waals surface area contributed by atoms with E-state index < -0.39 is 29.9 Å². The molecule has 4 N–H and O–H groups in total. The van der Waals surface area contributed by atoms with E-state index in [1.807, 2.05) is 13.8 Å². The Morgan fingerprint density at radius 2 is 1.89 bits per heavy atom. The zero-order valence-corrected chi connectivity index (χ0v) is 11.5. The van der Waals surface area contributed by atoms with Crippen LogP contribution in [0.5, 0.6) is 0 Å². The van der Waals surface area contributed by atoms with Gasteiger partial charge in [0.25, 0.3) is 0 Å². The van der Waals surface area contributed by atoms with E-state index in [4.69, 9.17) is 10.8 Å². The topological polar surface area (TPSA) is 119 Å². The summed E-state index contributed by atoms with van der Waals surface area (Å²) < 4.78 is 4.42. The minimum Gasteiger partial charge on any atom is -0.480 e. The van der Waals surface area contributed by atoms with Gasteiger partial charge in [-0.1, -0.05) is 13.8 Å². The Balaban J connectivity index is 4.37. The van der Waals surface area contributed by atoms with Crippen molar-refractivity contribution in [3.8, 4) is 0 Å². The van der Waals surface area contributed by atoms with Crippen LogP contribution < -0.4 is 11.1 Å². The summed E-state index contributed by atoms with van der Waals surface area (Å²) in [4.78, 5) is 33.6. The molecule has 7 heteroatoms. The van der Waals surface area contributed by atoms with Gasteiger partial charge in [-0.05, 0) is 18.8 Å². The molecule has 0 unspecified atom stereocenters. The molecule has 0 spiro atoms. The van der Waals surface area contributed by atoms with Gasteiger partial charge in [-0.15, -0.1) is 0 Å². The first-order chi connectivity index (χ1) is 8.77. The highest BCUT2D eigenvalue weighted by molar-refractivity contribution is 5.87. The number of hydrogen-bond donors (Lipinski definition) is 3. The number of carboxylic acids is 1. The Morgan fingerprint density at radius 1 is 1.32 bits per heavy atom. The van der Waals surface area contributed by atoms with Gasteiger partial charge in [0.15, 0.2) is 0 Å². The number of methoxy groups -OCH3 is 1. The first-order valence-electron chi connectivity index (χ1n) is 6.13. The number of esters is 1. The molecular weight excluding hydrogens is 252 g/mol. The van der Waals surface area contributed by atoms with Crippen LogP contribution in [0.15, 0.2) is 0 Å². The third-order valence-electron chi connectivity index (χ3n) is 2.54. The molecule has 0 heterocycles. The van der Waals surface area contributed by atoms with Crippen molar-refractivity contribution < 1.29 is 24.2 Å². The van der Waals surface area contributed by atoms with Crippen molar-refractivity contribution in [1.29, 1.82) is 0 Å². The Hall–Kier alpha value is -1.63. The van der Waals surface area contributed by atoms with Crippen molar-refractivity contribution in [3.05, 3.63) is 0 Å². The van der Waals surface area contributed by atoms with E-state index in [1.54, 1.807) is 0 Å². The largest absolute Gasteiger partial charge is 0.480 e. The van der Waals surface area contributed by atoms with Crippen molar-refractivity contribution in [3.63, 3.8) is 0 Å². The molecule has 0 aromatic heterocycles. The lowest BCUT2D eigenvalue weighted by Crippen LogP contribution is -2.48. The Labute approximate surface area is 112 Å². The number of rotatable bonds is 8. The highest BCUT2D eigenvalue weighted by Crippen LogP contribution is 2.05. The van der Waals surface area contributed by atoms with E-state index in [2.05, 4.69) is 10.1 Å². The van der Waals surface area contributed by atoms with E-state index in [-0.39, 0.29) is 18.8 Å². The lowest BCUT2D eigenvalue weighted by Gasteiger charge is -2.18. The number of hydrogen-bond acceptors (Lipinski definition) is 5. The van der Waals surface area contributed by atoms with Gasteiger partial charge in [-0.3, -0.25) is 9.59 Å². The van der Waals surface area contributed by atoms with Crippen LogP contribution in [0.3, 0.4) is 0 Å². The summed E-state index contributed by atoms with van der Waals surface area (Å²) in [5, 5.41) is 11.3. The average molecular weight is 274 g/mol. The molecule has 0 radical (unpaired) electrons. The van der Waals surface area contributed by atoms with Gasteiger partial charge < -0.3 is 20.9 Å². The van der Waals surface area contributed by atoms with E-state index >= 15 is 0 Å². The molecule has 7 nitrogen and oxygen atoms in total. The summed E-state index contributed by atoms with van der Waals surface area (Å²) in [5.74, 6) is -2.01. The molecule has 0 fully saturated rings. The molecular formula is C12H22N2O5. The molecule has 0 aliphatic heterocycles. The first kappa shape index (κ1) is 17.4. The molecule has 0 bridgehead atoms. The molecule has 110 valence electrons. The standard InChI is InChI=1S/C12H22N2O5/c1-7(2)6-8(13)11(16)14-9(12(17)18)4-5-10(15)19-3/h7-9H,4-6,13H2,1-3H3,(H,14,16)(H,17,18)/t8-,9+/m0/s1. The molecule has 19 heavy (non-hydrogen) atoms. The number of ether oxygens (including phenoxy) is 1. The fourth-order valence-corrected chi connectivity index (χ4v) is 1.52. The highest BCUT2D eigenvalue weighted by atomic mass is 16.5. The summed E-state index contributed by atoms with van der Waals surface area (Å²) in [7, 11) is 1.22. The Kier molecular flexibility index (Phi) is 7.74. The molecule has 2 atom stereocenters. The third-order valence-corrected chi connectivity index (χ3v) is 2.54. The normalized spacial score (nSPS) is 13.7. The van der Waals surface area contributed by atoms with Crippen LogP contribution in [0.1, 0.15) is 33.1 Å². The van der Waals surface area contributed by atoms with Gasteiger partial charge >= 0.3 is 11.9 Å². The van der Waals surface area contributed by atoms with Gasteiger partial charge in [0, 0.05) is 6.42 Å². The third kappa shape index (κ3) is 7.40. The van der Waals surface area contributed by atoms with Gasteiger partial charge in [0.1, 0.15) is 6.04 Å². The monoisotopic (exact) mass is 274 g/mol. The average Bonchev–Trinajstić information content (AvgIpc) is 2.32. The van der Waals surface area contributed by atoms with Crippen molar-refractivity contribution in [1.82, 2.24) is 5.32 Å². The number of carboxylic acid groups (broad SMARTS) is 1. The molecule has 0 saturated heterocycles. The van der Waals surface area contributed by atoms with Crippen LogP contribution in [-0.2, 0) is 19.1 Å². The van der Waals surface area contributed by atoms with Crippen LogP contribution in [0, 0.1) is 5.92 Å². The highest BCUT2D eigenvalue weighted by Gasteiger charge is 2.24. The lowest BCUT2D eigenvalue weighted by atomic mass is 10.0. The molecule has 0 rings (SSSR count). The van der Waals surface area contributed by atoms with Crippen molar-refractivity contribution in [2.45, 2.75) is 45.2 Å². The zero-order valence-electron chi connectivity index (χ0n) is 11.5. The number of aliphatic carboxylic acids is 1. The van der Waals surface area contributed by atoms with E-state index in [9.17, 15) is 14.4 Å². The lowest BCUT2D eigenvalue weighted by molar-refractivity contribution is -0.144. The molecule has 1 amide bonds. The zero-order chi connectivity index (χ0) is 15.0. The number of carbonyl (C=O) groups excluding carboxylic acids is 2. The van der Waals surface area contributed by atoms with Crippen molar-refractivity contribution in [2.75, 3.05) is 7.11 Å². The molecule has 0 saturated carbocycles. The predicted molar refractivity (Wildman–Crippen MR) is 68.2 cm³/mol. The molecule has 0 aliphatic rings. The maximum Gasteiger partial charge on any atom is 0.326 e. The van der Waals surface area contributed by atoms with E-state index in [0.29, 0.717) is 6.42 Å². The first-order valence-corrected chi connectivity index (χ1v) is 6.13. The van der Waals surface area contributed by atoms with Crippen molar-refractivity contribution in [2.24, 2.45) is 11.7 Å². The van der Waals surface area contributed by atoms with Gasteiger partial charge in [-0.25, -0.2) is 4.79 Å². The fourth-order valence-electron chi connectivity index (χ4n) is 1.52. The van der Waals surface area contributed by atoms with Crippen LogP contribution in [-0.4, -0.2) is 42.1 Å². The second-order valence-electron chi connectivity index (χ2n) is 4.75. The van der Waals surface area contributed by atoms with Gasteiger partial charge in [0.2, 0.25) is 5.91 Å². The molecule has 0 aromatic carbocycles. The van der Waals surface area contributed by atoms with Crippen LogP contribution in [0.2, 0.25) is 0 Å². The Morgan fingerprint density at radius 3 is 2.32 bits per heavy atom. The Bertz CT molecular complexity index is 330. The SMILES string of the molecule is COC(=O)CC[C@@H](NC(=O)[C@@H](N)CC(C)C)C(=O)O. The summed E-state index contributed by atoms with van der Waals surface area (Å²) in [6.45, 7) is 3.83. The number of carbonyl (C=O) groups is 3. The quantitative estimate of drug-likeness (QED) is 0.531. The van der Waals surface area contributed by atoms with E-state index in [1.165, 1.54) is 7.11 Å². The minimum absolute atomic E-state index is 0.0256. The summed E-state index contributed by atoms with van der Waals surface area (Å²) >= 11 is 0. The maximum atomic E-state index is 11.7. The number of nitrogens with two attached hydrogens (primary N) is 1. The predicted octanol–water partition coefficient (Wildman–Crippen LogP) is -0.118. The van der Waals surface area contributed by atoms with Crippen molar-refractivity contribution >= 4 is 17.8 Å². The van der Waals surface area contributed by atoms with Crippen LogP contribution in [0.4, 0.5) is 0 Å².